The van der Waals surface area contributed by atoms with Crippen molar-refractivity contribution in [1.29, 1.82) is 0 Å². The molecule has 0 aliphatic carbocycles. The Morgan fingerprint density at radius 1 is 1.08 bits per heavy atom. The summed E-state index contributed by atoms with van der Waals surface area (Å²) in [7, 11) is 0. The molecular weight excluding hydrogens is 326 g/mol. The van der Waals surface area contributed by atoms with E-state index in [0.717, 1.165) is 31.5 Å². The molecule has 1 aromatic carbocycles. The maximum atomic E-state index is 13.1. The fourth-order valence-corrected chi connectivity index (χ4v) is 3.54. The maximum absolute atomic E-state index is 13.1. The highest BCUT2D eigenvalue weighted by Gasteiger charge is 2.32. The number of amides is 3. The lowest BCUT2D eigenvalue weighted by molar-refractivity contribution is -0.139. The lowest BCUT2D eigenvalue weighted by Crippen LogP contribution is -2.49. The van der Waals surface area contributed by atoms with Crippen LogP contribution in [0.4, 0.5) is 4.79 Å². The van der Waals surface area contributed by atoms with Gasteiger partial charge in [0, 0.05) is 44.7 Å². The molecule has 1 heterocycles. The summed E-state index contributed by atoms with van der Waals surface area (Å²) < 4.78 is 0. The fraction of sp³-hybridized carbons (Fsp3) is 0.619. The average molecular weight is 360 g/mol. The number of rotatable bonds is 6. The summed E-state index contributed by atoms with van der Waals surface area (Å²) in [4.78, 5) is 31.3. The van der Waals surface area contributed by atoms with Gasteiger partial charge in [-0.05, 0) is 46.1 Å². The second kappa shape index (κ2) is 9.60. The van der Waals surface area contributed by atoms with Crippen molar-refractivity contribution >= 4 is 11.9 Å². The monoisotopic (exact) mass is 359 g/mol. The highest BCUT2D eigenvalue weighted by molar-refractivity contribution is 5.80. The summed E-state index contributed by atoms with van der Waals surface area (Å²) in [6.45, 7) is 11.6. The number of nitrogens with zero attached hydrogens (tertiary/aromatic N) is 3. The first kappa shape index (κ1) is 20.3. The molecule has 1 aliphatic rings. The zero-order valence-corrected chi connectivity index (χ0v) is 16.6. The van der Waals surface area contributed by atoms with Crippen LogP contribution in [-0.2, 0) is 11.3 Å². The molecule has 0 N–H and O–H groups in total. The molecule has 5 nitrogen and oxygen atoms in total. The summed E-state index contributed by atoms with van der Waals surface area (Å²) in [5.74, 6) is 0.237. The van der Waals surface area contributed by atoms with Gasteiger partial charge in [-0.25, -0.2) is 4.79 Å². The van der Waals surface area contributed by atoms with Crippen molar-refractivity contribution in [2.75, 3.05) is 26.2 Å². The quantitative estimate of drug-likeness (QED) is 0.779. The third-order valence-electron chi connectivity index (χ3n) is 5.25. The fourth-order valence-electron chi connectivity index (χ4n) is 3.54. The third kappa shape index (κ3) is 4.99. The Morgan fingerprint density at radius 3 is 2.15 bits per heavy atom. The van der Waals surface area contributed by atoms with Crippen LogP contribution >= 0.6 is 0 Å². The van der Waals surface area contributed by atoms with Crippen LogP contribution in [-0.4, -0.2) is 58.9 Å². The van der Waals surface area contributed by atoms with Gasteiger partial charge in [-0.15, -0.1) is 0 Å². The van der Waals surface area contributed by atoms with E-state index < -0.39 is 0 Å². The predicted molar refractivity (Wildman–Crippen MR) is 105 cm³/mol. The molecule has 26 heavy (non-hydrogen) atoms. The van der Waals surface area contributed by atoms with Gasteiger partial charge in [-0.2, -0.15) is 0 Å². The molecule has 1 saturated heterocycles. The molecule has 144 valence electrons. The Kier molecular flexibility index (Phi) is 7.49. The topological polar surface area (TPSA) is 43.9 Å². The molecule has 0 atom stereocenters. The number of hydrogen-bond acceptors (Lipinski definition) is 2. The van der Waals surface area contributed by atoms with Gasteiger partial charge in [0.25, 0.3) is 0 Å². The average Bonchev–Trinajstić information content (AvgIpc) is 2.67. The van der Waals surface area contributed by atoms with Crippen molar-refractivity contribution in [3.63, 3.8) is 0 Å². The van der Waals surface area contributed by atoms with Crippen molar-refractivity contribution < 1.29 is 9.59 Å². The third-order valence-corrected chi connectivity index (χ3v) is 5.25. The normalized spacial score (nSPS) is 15.2. The van der Waals surface area contributed by atoms with Gasteiger partial charge in [0.15, 0.2) is 0 Å². The van der Waals surface area contributed by atoms with E-state index in [2.05, 4.69) is 26.0 Å². The van der Waals surface area contributed by atoms with E-state index in [4.69, 9.17) is 0 Å². The first-order valence-corrected chi connectivity index (χ1v) is 9.86. The van der Waals surface area contributed by atoms with Crippen LogP contribution in [0.2, 0.25) is 0 Å². The van der Waals surface area contributed by atoms with Crippen molar-refractivity contribution in [2.24, 2.45) is 5.92 Å². The minimum absolute atomic E-state index is 0.0156. The van der Waals surface area contributed by atoms with Crippen LogP contribution in [0, 0.1) is 5.92 Å². The Labute approximate surface area is 158 Å². The molecule has 0 radical (unpaired) electrons. The summed E-state index contributed by atoms with van der Waals surface area (Å²) >= 11 is 0. The van der Waals surface area contributed by atoms with Gasteiger partial charge in [0.2, 0.25) is 5.91 Å². The molecule has 0 unspecified atom stereocenters. The van der Waals surface area contributed by atoms with E-state index in [9.17, 15) is 9.59 Å². The minimum atomic E-state index is 0.0156. The minimum Gasteiger partial charge on any atom is -0.336 e. The predicted octanol–water partition coefficient (Wildman–Crippen LogP) is 3.60. The van der Waals surface area contributed by atoms with Gasteiger partial charge >= 0.3 is 6.03 Å². The lowest BCUT2D eigenvalue weighted by Gasteiger charge is -2.37. The van der Waals surface area contributed by atoms with E-state index in [1.54, 1.807) is 0 Å². The van der Waals surface area contributed by atoms with Crippen LogP contribution < -0.4 is 0 Å². The summed E-state index contributed by atoms with van der Waals surface area (Å²) in [5.41, 5.74) is 1.16. The molecule has 0 bridgehead atoms. The van der Waals surface area contributed by atoms with E-state index in [0.29, 0.717) is 19.6 Å². The highest BCUT2D eigenvalue weighted by Crippen LogP contribution is 2.23. The summed E-state index contributed by atoms with van der Waals surface area (Å²) in [6, 6.07) is 10.4. The SMILES string of the molecule is CCN(CC)C(=O)N1CCC(C(=O)N(Cc2ccccc2)C(C)C)CC1. The molecular formula is C21H33N3O2. The van der Waals surface area contributed by atoms with Crippen LogP contribution in [0.25, 0.3) is 0 Å². The first-order chi connectivity index (χ1) is 12.5. The number of likely N-dealkylation sites (tertiary alicyclic amines) is 1. The number of piperidine rings is 1. The molecule has 0 spiro atoms. The van der Waals surface area contributed by atoms with Gasteiger partial charge < -0.3 is 14.7 Å². The molecule has 0 aromatic heterocycles. The van der Waals surface area contributed by atoms with Crippen LogP contribution in [0.3, 0.4) is 0 Å². The van der Waals surface area contributed by atoms with E-state index in [1.165, 1.54) is 0 Å². The van der Waals surface area contributed by atoms with Gasteiger partial charge in [0.1, 0.15) is 0 Å². The molecule has 2 rings (SSSR count). The maximum Gasteiger partial charge on any atom is 0.319 e. The lowest BCUT2D eigenvalue weighted by atomic mass is 9.94. The smallest absolute Gasteiger partial charge is 0.319 e. The van der Waals surface area contributed by atoms with Crippen LogP contribution in [0.15, 0.2) is 30.3 Å². The Balaban J connectivity index is 1.96. The zero-order chi connectivity index (χ0) is 19.1. The number of carbonyl (C=O) groups excluding carboxylic acids is 2. The standard InChI is InChI=1S/C21H33N3O2/c1-5-22(6-2)21(26)23-14-12-19(13-15-23)20(25)24(17(3)4)16-18-10-8-7-9-11-18/h7-11,17,19H,5-6,12-16H2,1-4H3. The second-order valence-corrected chi connectivity index (χ2v) is 7.26. The van der Waals surface area contributed by atoms with Gasteiger partial charge in [-0.1, -0.05) is 30.3 Å². The Bertz CT molecular complexity index is 576. The van der Waals surface area contributed by atoms with Crippen molar-refractivity contribution in [3.05, 3.63) is 35.9 Å². The largest absolute Gasteiger partial charge is 0.336 e. The Morgan fingerprint density at radius 2 is 1.65 bits per heavy atom. The van der Waals surface area contributed by atoms with Crippen molar-refractivity contribution in [1.82, 2.24) is 14.7 Å². The molecule has 0 saturated carbocycles. The summed E-state index contributed by atoms with van der Waals surface area (Å²) in [6.07, 6.45) is 1.51. The van der Waals surface area contributed by atoms with Crippen LogP contribution in [0.5, 0.6) is 0 Å². The van der Waals surface area contributed by atoms with Crippen LogP contribution in [0.1, 0.15) is 46.1 Å². The van der Waals surface area contributed by atoms with E-state index >= 15 is 0 Å². The van der Waals surface area contributed by atoms with Crippen molar-refractivity contribution in [2.45, 2.75) is 53.1 Å². The number of hydrogen-bond donors (Lipinski definition) is 0. The zero-order valence-electron chi connectivity index (χ0n) is 16.6. The van der Waals surface area contributed by atoms with E-state index in [1.807, 2.05) is 46.7 Å². The molecule has 5 heteroatoms. The highest BCUT2D eigenvalue weighted by atomic mass is 16.2. The first-order valence-electron chi connectivity index (χ1n) is 9.86. The second-order valence-electron chi connectivity index (χ2n) is 7.26. The molecule has 1 fully saturated rings. The van der Waals surface area contributed by atoms with E-state index in [-0.39, 0.29) is 23.9 Å². The van der Waals surface area contributed by atoms with Gasteiger partial charge in [-0.3, -0.25) is 4.79 Å². The number of urea groups is 1. The Hall–Kier alpha value is -2.04. The number of carbonyl (C=O) groups is 2. The molecule has 1 aromatic rings. The molecule has 3 amide bonds. The number of benzene rings is 1. The van der Waals surface area contributed by atoms with Crippen molar-refractivity contribution in [3.8, 4) is 0 Å². The van der Waals surface area contributed by atoms with Gasteiger partial charge in [0.05, 0.1) is 0 Å². The summed E-state index contributed by atoms with van der Waals surface area (Å²) in [5, 5.41) is 0. The molecule has 1 aliphatic heterocycles.